The van der Waals surface area contributed by atoms with Crippen molar-refractivity contribution in [3.63, 3.8) is 0 Å². The molecular formula is C21H20FNO5. The van der Waals surface area contributed by atoms with Gasteiger partial charge in [-0.3, -0.25) is 9.59 Å². The summed E-state index contributed by atoms with van der Waals surface area (Å²) in [6, 6.07) is 11.6. The summed E-state index contributed by atoms with van der Waals surface area (Å²) in [6.45, 7) is 0.386. The third-order valence-corrected chi connectivity index (χ3v) is 4.61. The highest BCUT2D eigenvalue weighted by atomic mass is 19.1. The average molecular weight is 385 g/mol. The van der Waals surface area contributed by atoms with Crippen LogP contribution in [0.4, 0.5) is 4.39 Å². The maximum atomic E-state index is 13.8. The number of likely N-dealkylation sites (tertiary alicyclic amines) is 1. The molecule has 1 saturated heterocycles. The third-order valence-electron chi connectivity index (χ3n) is 4.61. The van der Waals surface area contributed by atoms with E-state index in [-0.39, 0.29) is 30.0 Å². The number of nitrogens with zero attached hydrogens (tertiary/aromatic N) is 1. The molecule has 1 fully saturated rings. The van der Waals surface area contributed by atoms with Crippen molar-refractivity contribution in [1.82, 2.24) is 4.90 Å². The number of Topliss-reactive ketones (excluding diaryl/α,β-unsaturated/α-hetero) is 1. The lowest BCUT2D eigenvalue weighted by Crippen LogP contribution is -2.32. The van der Waals surface area contributed by atoms with Gasteiger partial charge in [-0.25, -0.2) is 4.39 Å². The first-order valence-electron chi connectivity index (χ1n) is 8.65. The van der Waals surface area contributed by atoms with Crippen LogP contribution in [-0.2, 0) is 14.3 Å². The summed E-state index contributed by atoms with van der Waals surface area (Å²) in [7, 11) is 2.86. The second kappa shape index (κ2) is 8.22. The number of benzene rings is 2. The van der Waals surface area contributed by atoms with Crippen LogP contribution in [0.15, 0.2) is 54.1 Å². The van der Waals surface area contributed by atoms with Crippen molar-refractivity contribution >= 4 is 17.4 Å². The molecule has 0 aliphatic carbocycles. The van der Waals surface area contributed by atoms with Crippen LogP contribution in [-0.4, -0.2) is 49.1 Å². The molecule has 0 spiro atoms. The Morgan fingerprint density at radius 3 is 2.50 bits per heavy atom. The summed E-state index contributed by atoms with van der Waals surface area (Å²) in [5.41, 5.74) is 0.541. The Labute approximate surface area is 161 Å². The zero-order valence-corrected chi connectivity index (χ0v) is 15.5. The van der Waals surface area contributed by atoms with Crippen molar-refractivity contribution in [2.24, 2.45) is 0 Å². The lowest BCUT2D eigenvalue weighted by Gasteiger charge is -2.25. The Kier molecular flexibility index (Phi) is 5.75. The zero-order valence-electron chi connectivity index (χ0n) is 15.5. The maximum absolute atomic E-state index is 13.8. The van der Waals surface area contributed by atoms with Crippen molar-refractivity contribution in [3.8, 4) is 5.75 Å². The fourth-order valence-electron chi connectivity index (χ4n) is 3.29. The summed E-state index contributed by atoms with van der Waals surface area (Å²) >= 11 is 0. The molecule has 1 amide bonds. The number of rotatable bonds is 6. The topological polar surface area (TPSA) is 76.1 Å². The van der Waals surface area contributed by atoms with Crippen molar-refractivity contribution in [1.29, 1.82) is 0 Å². The summed E-state index contributed by atoms with van der Waals surface area (Å²) in [6.07, 6.45) is 0. The first kappa shape index (κ1) is 19.6. The number of methoxy groups -OCH3 is 2. The van der Waals surface area contributed by atoms with Crippen LogP contribution in [0, 0.1) is 5.82 Å². The van der Waals surface area contributed by atoms with E-state index in [1.165, 1.54) is 31.3 Å². The van der Waals surface area contributed by atoms with Crippen LogP contribution >= 0.6 is 0 Å². The average Bonchev–Trinajstić information content (AvgIpc) is 2.97. The summed E-state index contributed by atoms with van der Waals surface area (Å²) in [5, 5.41) is 10.9. The van der Waals surface area contributed by atoms with Crippen LogP contribution in [0.1, 0.15) is 17.2 Å². The minimum Gasteiger partial charge on any atom is -0.507 e. The molecule has 1 aliphatic rings. The number of carbonyl (C=O) groups is 2. The first-order valence-corrected chi connectivity index (χ1v) is 8.65. The first-order chi connectivity index (χ1) is 13.5. The molecule has 0 bridgehead atoms. The smallest absolute Gasteiger partial charge is 0.295 e. The van der Waals surface area contributed by atoms with Crippen LogP contribution in [0.3, 0.4) is 0 Å². The van der Waals surface area contributed by atoms with Crippen LogP contribution in [0.25, 0.3) is 5.76 Å². The van der Waals surface area contributed by atoms with E-state index in [0.29, 0.717) is 5.56 Å². The van der Waals surface area contributed by atoms with Gasteiger partial charge in [0.1, 0.15) is 17.3 Å². The van der Waals surface area contributed by atoms with Crippen LogP contribution < -0.4 is 4.74 Å². The Hall–Kier alpha value is -3.19. The minimum atomic E-state index is -0.839. The molecule has 1 N–H and O–H groups in total. The van der Waals surface area contributed by atoms with Crippen LogP contribution in [0.5, 0.6) is 5.75 Å². The van der Waals surface area contributed by atoms with E-state index in [9.17, 15) is 19.1 Å². The Morgan fingerprint density at radius 2 is 1.86 bits per heavy atom. The Bertz CT molecular complexity index is 926. The molecule has 0 aromatic heterocycles. The molecule has 1 unspecified atom stereocenters. The van der Waals surface area contributed by atoms with E-state index in [4.69, 9.17) is 9.47 Å². The predicted octanol–water partition coefficient (Wildman–Crippen LogP) is 2.90. The molecule has 0 radical (unpaired) electrons. The molecule has 1 aliphatic heterocycles. The highest BCUT2D eigenvalue weighted by Crippen LogP contribution is 2.40. The van der Waals surface area contributed by atoms with Gasteiger partial charge in [-0.1, -0.05) is 30.3 Å². The molecule has 2 aromatic carbocycles. The van der Waals surface area contributed by atoms with Gasteiger partial charge in [0.25, 0.3) is 11.7 Å². The van der Waals surface area contributed by atoms with Gasteiger partial charge in [-0.2, -0.15) is 0 Å². The monoisotopic (exact) mass is 385 g/mol. The minimum absolute atomic E-state index is 0.00757. The highest BCUT2D eigenvalue weighted by Gasteiger charge is 2.46. The van der Waals surface area contributed by atoms with Crippen LogP contribution in [0.2, 0.25) is 0 Å². The van der Waals surface area contributed by atoms with Crippen molar-refractivity contribution in [2.45, 2.75) is 6.04 Å². The van der Waals surface area contributed by atoms with Crippen molar-refractivity contribution in [3.05, 3.63) is 71.0 Å². The quantitative estimate of drug-likeness (QED) is 0.470. The molecule has 6 nitrogen and oxygen atoms in total. The molecule has 1 heterocycles. The number of carbonyl (C=O) groups excluding carboxylic acids is 2. The largest absolute Gasteiger partial charge is 0.507 e. The molecule has 0 saturated carbocycles. The molecule has 7 heteroatoms. The Balaban J connectivity index is 2.21. The van der Waals surface area contributed by atoms with E-state index < -0.39 is 29.3 Å². The molecule has 1 atom stereocenters. The number of amides is 1. The maximum Gasteiger partial charge on any atom is 0.295 e. The van der Waals surface area contributed by atoms with Gasteiger partial charge in [0, 0.05) is 13.7 Å². The molecule has 146 valence electrons. The van der Waals surface area contributed by atoms with E-state index in [1.54, 1.807) is 30.3 Å². The van der Waals surface area contributed by atoms with Gasteiger partial charge in [0.05, 0.1) is 30.9 Å². The second-order valence-corrected chi connectivity index (χ2v) is 6.24. The van der Waals surface area contributed by atoms with Gasteiger partial charge in [-0.05, 0) is 23.8 Å². The SMILES string of the molecule is COCCN1C(=O)C(=O)/C(=C(/O)c2cc(F)ccc2OC)C1c1ccccc1. The van der Waals surface area contributed by atoms with Gasteiger partial charge in [0.15, 0.2) is 0 Å². The number of hydrogen-bond acceptors (Lipinski definition) is 5. The molecular weight excluding hydrogens is 365 g/mol. The summed E-state index contributed by atoms with van der Waals surface area (Å²) in [4.78, 5) is 26.8. The lowest BCUT2D eigenvalue weighted by molar-refractivity contribution is -0.140. The highest BCUT2D eigenvalue weighted by molar-refractivity contribution is 6.46. The van der Waals surface area contributed by atoms with Gasteiger partial charge < -0.3 is 19.5 Å². The zero-order chi connectivity index (χ0) is 20.3. The number of aliphatic hydroxyl groups is 1. The third kappa shape index (κ3) is 3.48. The molecule has 28 heavy (non-hydrogen) atoms. The van der Waals surface area contributed by atoms with E-state index in [0.717, 1.165) is 6.07 Å². The predicted molar refractivity (Wildman–Crippen MR) is 100 cm³/mol. The van der Waals surface area contributed by atoms with Crippen molar-refractivity contribution < 1.29 is 28.6 Å². The number of hydrogen-bond donors (Lipinski definition) is 1. The fourth-order valence-corrected chi connectivity index (χ4v) is 3.29. The van der Waals surface area contributed by atoms with Gasteiger partial charge in [-0.15, -0.1) is 0 Å². The Morgan fingerprint density at radius 1 is 1.14 bits per heavy atom. The fraction of sp³-hybridized carbons (Fsp3) is 0.238. The van der Waals surface area contributed by atoms with E-state index in [1.807, 2.05) is 0 Å². The normalized spacial score (nSPS) is 18.5. The van der Waals surface area contributed by atoms with Gasteiger partial charge >= 0.3 is 0 Å². The number of halogens is 1. The number of ether oxygens (including phenoxy) is 2. The summed E-state index contributed by atoms with van der Waals surface area (Å²) in [5.74, 6) is -2.49. The summed E-state index contributed by atoms with van der Waals surface area (Å²) < 4.78 is 24.0. The lowest BCUT2D eigenvalue weighted by atomic mass is 9.95. The number of ketones is 1. The van der Waals surface area contributed by atoms with Crippen molar-refractivity contribution in [2.75, 3.05) is 27.4 Å². The second-order valence-electron chi connectivity index (χ2n) is 6.24. The molecule has 3 rings (SSSR count). The van der Waals surface area contributed by atoms with E-state index in [2.05, 4.69) is 0 Å². The standard InChI is InChI=1S/C21H20FNO5/c1-27-11-10-23-18(13-6-4-3-5-7-13)17(20(25)21(23)26)19(24)15-12-14(22)8-9-16(15)28-2/h3-9,12,18,24H,10-11H2,1-2H3/b19-17+. The molecule has 2 aromatic rings. The van der Waals surface area contributed by atoms with Gasteiger partial charge in [0.2, 0.25) is 0 Å². The number of aliphatic hydroxyl groups excluding tert-OH is 1. The van der Waals surface area contributed by atoms with E-state index >= 15 is 0 Å².